The zero-order chi connectivity index (χ0) is 19.0. The Balaban J connectivity index is 2.22. The highest BCUT2D eigenvalue weighted by Crippen LogP contribution is 2.28. The predicted octanol–water partition coefficient (Wildman–Crippen LogP) is -5.21. The average Bonchev–Trinajstić information content (AvgIpc) is 2.54. The highest BCUT2D eigenvalue weighted by molar-refractivity contribution is 5.74. The van der Waals surface area contributed by atoms with Gasteiger partial charge in [0.15, 0.2) is 24.8 Å². The molecule has 2 rings (SSSR count). The van der Waals surface area contributed by atoms with Gasteiger partial charge in [0, 0.05) is 0 Å². The van der Waals surface area contributed by atoms with Crippen LogP contribution in [0.2, 0.25) is 0 Å². The Morgan fingerprint density at radius 1 is 0.680 bits per heavy atom. The molecule has 2 heterocycles. The number of aliphatic hydroxyl groups is 6. The zero-order valence-corrected chi connectivity index (χ0v) is 12.4. The van der Waals surface area contributed by atoms with Gasteiger partial charge in [0.2, 0.25) is 0 Å². The third-order valence-electron chi connectivity index (χ3n) is 3.91. The van der Waals surface area contributed by atoms with Gasteiger partial charge in [0.05, 0.1) is 0 Å². The van der Waals surface area contributed by atoms with Gasteiger partial charge in [-0.2, -0.15) is 0 Å². The summed E-state index contributed by atoms with van der Waals surface area (Å²) in [6.07, 6.45) is -19.9. The van der Waals surface area contributed by atoms with Gasteiger partial charge in [-0.25, -0.2) is 9.59 Å². The van der Waals surface area contributed by atoms with Crippen LogP contribution in [-0.2, 0) is 23.8 Å². The van der Waals surface area contributed by atoms with Crippen molar-refractivity contribution in [2.24, 2.45) is 0 Å². The fourth-order valence-corrected chi connectivity index (χ4v) is 2.52. The maximum Gasteiger partial charge on any atom is 0.335 e. The summed E-state index contributed by atoms with van der Waals surface area (Å²) in [6.45, 7) is 0. The number of hydrogen-bond acceptors (Lipinski definition) is 11. The van der Waals surface area contributed by atoms with Gasteiger partial charge in [0.25, 0.3) is 0 Å². The van der Waals surface area contributed by atoms with Crippen molar-refractivity contribution in [1.82, 2.24) is 0 Å². The number of aliphatic hydroxyl groups excluding tert-OH is 6. The molecule has 144 valence electrons. The van der Waals surface area contributed by atoms with E-state index in [9.17, 15) is 40.2 Å². The normalized spacial score (nSPS) is 48.1. The molecule has 13 nitrogen and oxygen atoms in total. The van der Waals surface area contributed by atoms with Crippen LogP contribution in [0.5, 0.6) is 0 Å². The van der Waals surface area contributed by atoms with E-state index in [1.165, 1.54) is 0 Å². The largest absolute Gasteiger partial charge is 0.479 e. The molecule has 2 aliphatic heterocycles. The summed E-state index contributed by atoms with van der Waals surface area (Å²) in [7, 11) is 0. The number of ether oxygens (including phenoxy) is 3. The van der Waals surface area contributed by atoms with Gasteiger partial charge in [-0.3, -0.25) is 0 Å². The molecule has 0 amide bonds. The number of hydrogen-bond donors (Lipinski definition) is 8. The van der Waals surface area contributed by atoms with E-state index in [0.29, 0.717) is 0 Å². The summed E-state index contributed by atoms with van der Waals surface area (Å²) in [5.41, 5.74) is 0. The molecular weight excluding hydrogens is 352 g/mol. The molecule has 2 saturated heterocycles. The Hall–Kier alpha value is -1.42. The molecule has 2 aliphatic rings. The number of carboxylic acid groups (broad SMARTS) is 2. The van der Waals surface area contributed by atoms with Crippen LogP contribution >= 0.6 is 0 Å². The van der Waals surface area contributed by atoms with Gasteiger partial charge >= 0.3 is 11.9 Å². The highest BCUT2D eigenvalue weighted by Gasteiger charge is 2.53. The fraction of sp³-hybridized carbons (Fsp3) is 0.833. The first-order valence-corrected chi connectivity index (χ1v) is 7.06. The van der Waals surface area contributed by atoms with E-state index in [-0.39, 0.29) is 0 Å². The molecular formula is C12H18O13. The monoisotopic (exact) mass is 370 g/mol. The third-order valence-corrected chi connectivity index (χ3v) is 3.91. The molecule has 13 heteroatoms. The Bertz CT molecular complexity index is 511. The molecule has 0 bridgehead atoms. The lowest BCUT2D eigenvalue weighted by Gasteiger charge is -2.44. The molecule has 0 aromatic heterocycles. The van der Waals surface area contributed by atoms with Crippen LogP contribution in [0.1, 0.15) is 0 Å². The van der Waals surface area contributed by atoms with E-state index in [4.69, 9.17) is 19.7 Å². The SMILES string of the molecule is O=C(O)C1OC(OC2C(C(=O)O)OC(O)C(O)C2O)C(O)C(O)C1O. The average molecular weight is 370 g/mol. The fourth-order valence-electron chi connectivity index (χ4n) is 2.52. The Morgan fingerprint density at radius 3 is 1.76 bits per heavy atom. The maximum atomic E-state index is 11.2. The minimum atomic E-state index is -2.03. The van der Waals surface area contributed by atoms with Crippen molar-refractivity contribution in [1.29, 1.82) is 0 Å². The van der Waals surface area contributed by atoms with Gasteiger partial charge in [0.1, 0.15) is 36.6 Å². The van der Waals surface area contributed by atoms with Gasteiger partial charge < -0.3 is 55.1 Å². The zero-order valence-electron chi connectivity index (χ0n) is 12.4. The molecule has 25 heavy (non-hydrogen) atoms. The summed E-state index contributed by atoms with van der Waals surface area (Å²) in [4.78, 5) is 22.2. The van der Waals surface area contributed by atoms with Crippen molar-refractivity contribution in [3.05, 3.63) is 0 Å². The topological polar surface area (TPSA) is 224 Å². The summed E-state index contributed by atoms with van der Waals surface area (Å²) in [6, 6.07) is 0. The predicted molar refractivity (Wildman–Crippen MR) is 69.7 cm³/mol. The second kappa shape index (κ2) is 7.45. The second-order valence-electron chi connectivity index (χ2n) is 5.60. The first-order valence-electron chi connectivity index (χ1n) is 7.06. The van der Waals surface area contributed by atoms with Crippen LogP contribution in [0.4, 0.5) is 0 Å². The Kier molecular flexibility index (Phi) is 5.93. The van der Waals surface area contributed by atoms with Crippen molar-refractivity contribution in [2.75, 3.05) is 0 Å². The van der Waals surface area contributed by atoms with Crippen LogP contribution < -0.4 is 0 Å². The molecule has 2 fully saturated rings. The third kappa shape index (κ3) is 3.74. The first-order chi connectivity index (χ1) is 11.6. The van der Waals surface area contributed by atoms with Crippen molar-refractivity contribution >= 4 is 11.9 Å². The van der Waals surface area contributed by atoms with Crippen LogP contribution in [0.3, 0.4) is 0 Å². The minimum absolute atomic E-state index is 1.70. The molecule has 0 aliphatic carbocycles. The standard InChI is InChI=1S/C12H18O13/c13-1-2(14)7(9(18)19)25-12(5(1)17)24-6-3(15)4(16)11(22)23-8(6)10(20)21/h1-8,11-17,22H,(H,18,19)(H,20,21). The lowest BCUT2D eigenvalue weighted by molar-refractivity contribution is -0.346. The summed E-state index contributed by atoms with van der Waals surface area (Å²) in [5, 5.41) is 75.9. The lowest BCUT2D eigenvalue weighted by Crippen LogP contribution is -2.65. The van der Waals surface area contributed by atoms with E-state index in [2.05, 4.69) is 4.74 Å². The van der Waals surface area contributed by atoms with E-state index >= 15 is 0 Å². The molecule has 0 saturated carbocycles. The number of carboxylic acids is 2. The quantitative estimate of drug-likeness (QED) is 0.232. The van der Waals surface area contributed by atoms with Crippen molar-refractivity contribution in [3.8, 4) is 0 Å². The van der Waals surface area contributed by atoms with Crippen molar-refractivity contribution in [3.63, 3.8) is 0 Å². The number of rotatable bonds is 4. The highest BCUT2D eigenvalue weighted by atomic mass is 16.7. The molecule has 8 N–H and O–H groups in total. The minimum Gasteiger partial charge on any atom is -0.479 e. The molecule has 0 radical (unpaired) electrons. The van der Waals surface area contributed by atoms with E-state index < -0.39 is 73.4 Å². The van der Waals surface area contributed by atoms with Gasteiger partial charge in [-0.15, -0.1) is 0 Å². The van der Waals surface area contributed by atoms with Gasteiger partial charge in [-0.05, 0) is 0 Å². The smallest absolute Gasteiger partial charge is 0.335 e. The molecule has 10 atom stereocenters. The van der Waals surface area contributed by atoms with E-state index in [0.717, 1.165) is 0 Å². The van der Waals surface area contributed by atoms with Gasteiger partial charge in [-0.1, -0.05) is 0 Å². The molecule has 0 aromatic carbocycles. The summed E-state index contributed by atoms with van der Waals surface area (Å²) >= 11 is 0. The van der Waals surface area contributed by atoms with E-state index in [1.54, 1.807) is 0 Å². The van der Waals surface area contributed by atoms with Crippen molar-refractivity contribution < 1.29 is 64.7 Å². The number of aliphatic carboxylic acids is 2. The van der Waals surface area contributed by atoms with Crippen molar-refractivity contribution in [2.45, 2.75) is 61.4 Å². The maximum absolute atomic E-state index is 11.2. The van der Waals surface area contributed by atoms with Crippen LogP contribution in [0.25, 0.3) is 0 Å². The molecule has 0 spiro atoms. The molecule has 10 unspecified atom stereocenters. The Morgan fingerprint density at radius 2 is 1.24 bits per heavy atom. The Labute approximate surface area is 139 Å². The second-order valence-corrected chi connectivity index (χ2v) is 5.60. The van der Waals surface area contributed by atoms with Crippen LogP contribution in [0, 0.1) is 0 Å². The van der Waals surface area contributed by atoms with Crippen LogP contribution in [0.15, 0.2) is 0 Å². The van der Waals surface area contributed by atoms with E-state index in [1.807, 2.05) is 0 Å². The lowest BCUT2D eigenvalue weighted by atomic mass is 9.96. The molecule has 0 aromatic rings. The number of carbonyl (C=O) groups is 2. The summed E-state index contributed by atoms with van der Waals surface area (Å²) in [5.74, 6) is -3.39. The van der Waals surface area contributed by atoms with Crippen LogP contribution in [-0.4, -0.2) is 114 Å². The summed E-state index contributed by atoms with van der Waals surface area (Å²) < 4.78 is 14.4. The first kappa shape index (κ1) is 19.9.